The lowest BCUT2D eigenvalue weighted by Gasteiger charge is -2.48. The lowest BCUT2D eigenvalue weighted by Crippen LogP contribution is -2.70. The van der Waals surface area contributed by atoms with Gasteiger partial charge in [-0.2, -0.15) is 0 Å². The Kier molecular flexibility index (Phi) is 27.2. The molecule has 0 aliphatic carbocycles. The lowest BCUT2D eigenvalue weighted by molar-refractivity contribution is -0.333. The van der Waals surface area contributed by atoms with Crippen LogP contribution in [0.4, 0.5) is 0 Å². The normalized spacial score (nSPS) is 25.4. The molecule has 32 nitrogen and oxygen atoms in total. The van der Waals surface area contributed by atoms with E-state index in [9.17, 15) is 78.3 Å². The number of nitrogens with two attached hydrogens (primary N) is 2. The Bertz CT molecular complexity index is 1970. The largest absolute Gasteiger partial charge is 0.480 e. The van der Waals surface area contributed by atoms with Gasteiger partial charge < -0.3 is 109 Å². The second kappa shape index (κ2) is 31.5. The van der Waals surface area contributed by atoms with Crippen molar-refractivity contribution in [2.24, 2.45) is 11.5 Å². The van der Waals surface area contributed by atoms with Crippen LogP contribution < -0.4 is 59.3 Å². The number of aliphatic carboxylic acids is 1. The fourth-order valence-corrected chi connectivity index (χ4v) is 7.28. The zero-order valence-corrected chi connectivity index (χ0v) is 41.4. The molecule has 0 bridgehead atoms. The number of hydrogen-bond acceptors (Lipinski definition) is 21. The van der Waals surface area contributed by atoms with Gasteiger partial charge in [0.05, 0.1) is 26.3 Å². The molecule has 2 heterocycles. The van der Waals surface area contributed by atoms with Gasteiger partial charge in [0.1, 0.15) is 85.5 Å². The van der Waals surface area contributed by atoms with E-state index in [1.807, 2.05) is 5.32 Å². The fourth-order valence-electron chi connectivity index (χ4n) is 7.28. The number of aliphatic hydroxyl groups excluding tert-OH is 5. The second-order valence-electron chi connectivity index (χ2n) is 17.3. The van der Waals surface area contributed by atoms with E-state index in [1.165, 1.54) is 20.8 Å². The maximum absolute atomic E-state index is 13.6. The standard InChI is InChI=1S/C42H71N11O21/c1-17(37(66)47-13-28(60)45-12-27(59)46-14-29(61)62)49-40(69)23(8-6-7-11-43)52-26(58)10-9-22(36(44)65)53-38(67)18(2)48-39(68)19(3)71-35-31(51-21(5)57)41(70)72-25(16-55)34(35)74-42-30(50-20(4)56)33(64)32(63)24(15-54)73-42/h17-19,22-25,30-35,41-42,54-55,63-64,70H,6-16,43H2,1-5H3,(H2,44,65)(H,45,60)(H,46,59)(H,47,66)(H,48,68)(H,49,69)(H,50,56)(H,51,57)(H,52,58)(H,53,67)(H,61,62). The van der Waals surface area contributed by atoms with Gasteiger partial charge in [0.15, 0.2) is 12.6 Å². The summed E-state index contributed by atoms with van der Waals surface area (Å²) in [6, 6.07) is -8.46. The van der Waals surface area contributed by atoms with Crippen LogP contribution in [0.5, 0.6) is 0 Å². The van der Waals surface area contributed by atoms with Crippen LogP contribution >= 0.6 is 0 Å². The summed E-state index contributed by atoms with van der Waals surface area (Å²) in [4.78, 5) is 137. The Morgan fingerprint density at radius 2 is 1.18 bits per heavy atom. The van der Waals surface area contributed by atoms with Crippen LogP contribution in [0.1, 0.15) is 66.7 Å². The van der Waals surface area contributed by atoms with E-state index >= 15 is 0 Å². The lowest BCUT2D eigenvalue weighted by atomic mass is 9.94. The third kappa shape index (κ3) is 20.9. The van der Waals surface area contributed by atoms with E-state index in [0.717, 1.165) is 13.8 Å². The van der Waals surface area contributed by atoms with E-state index < -0.39 is 202 Å². The number of aliphatic hydroxyl groups is 5. The number of carbonyl (C=O) groups excluding carboxylic acids is 10. The molecule has 2 fully saturated rings. The summed E-state index contributed by atoms with van der Waals surface area (Å²) in [5, 5.41) is 81.7. The number of carboxylic acids is 1. The molecule has 15 atom stereocenters. The highest BCUT2D eigenvalue weighted by atomic mass is 16.7. The third-order valence-electron chi connectivity index (χ3n) is 11.2. The predicted octanol–water partition coefficient (Wildman–Crippen LogP) is -9.89. The van der Waals surface area contributed by atoms with Crippen molar-refractivity contribution in [3.8, 4) is 0 Å². The van der Waals surface area contributed by atoms with Gasteiger partial charge >= 0.3 is 5.97 Å². The molecular formula is C42H71N11O21. The van der Waals surface area contributed by atoms with Gasteiger partial charge in [0.2, 0.25) is 59.1 Å². The molecular weight excluding hydrogens is 995 g/mol. The minimum Gasteiger partial charge on any atom is -0.480 e. The first-order chi connectivity index (χ1) is 34.7. The van der Waals surface area contributed by atoms with Gasteiger partial charge in [-0.25, -0.2) is 0 Å². The number of amides is 10. The number of carboxylic acid groups (broad SMARTS) is 1. The van der Waals surface area contributed by atoms with Gasteiger partial charge in [0.25, 0.3) is 0 Å². The minimum atomic E-state index is -1.90. The summed E-state index contributed by atoms with van der Waals surface area (Å²) in [7, 11) is 0. The van der Waals surface area contributed by atoms with Crippen molar-refractivity contribution in [2.45, 2.75) is 158 Å². The van der Waals surface area contributed by atoms with E-state index in [-0.39, 0.29) is 13.0 Å². The molecule has 0 aromatic rings. The first-order valence-electron chi connectivity index (χ1n) is 23.4. The number of unbranched alkanes of at least 4 members (excludes halogenated alkanes) is 1. The minimum absolute atomic E-state index is 0.0533. The number of carbonyl (C=O) groups is 11. The highest BCUT2D eigenvalue weighted by Crippen LogP contribution is 2.31. The van der Waals surface area contributed by atoms with Crippen molar-refractivity contribution in [1.29, 1.82) is 0 Å². The summed E-state index contributed by atoms with van der Waals surface area (Å²) in [5.74, 6) is -9.80. The maximum atomic E-state index is 13.6. The van der Waals surface area contributed by atoms with Crippen LogP contribution in [0, 0.1) is 0 Å². The van der Waals surface area contributed by atoms with E-state index in [2.05, 4.69) is 42.5 Å². The van der Waals surface area contributed by atoms with Crippen LogP contribution in [0.3, 0.4) is 0 Å². The van der Waals surface area contributed by atoms with Gasteiger partial charge in [-0.05, 0) is 53.0 Å². The Morgan fingerprint density at radius 1 is 0.608 bits per heavy atom. The topological polar surface area (TPSA) is 506 Å². The average molecular weight is 1070 g/mol. The number of ether oxygens (including phenoxy) is 4. The molecule has 19 N–H and O–H groups in total. The SMILES string of the molecule is CC(=O)NC1C(OC2C(CO)OC(O)C(NC(C)=O)C2OC(C)C(=O)NC(C)C(=O)NC(CCC(=O)NC(CCCCN)C(=O)NC(C)C(=O)NCC(=O)NCC(=O)NCC(=O)O)C(N)=O)OC(CO)C(O)C1O. The van der Waals surface area contributed by atoms with E-state index in [4.69, 9.17) is 35.5 Å². The molecule has 0 aromatic carbocycles. The number of nitrogens with one attached hydrogen (secondary N) is 9. The van der Waals surface area contributed by atoms with Gasteiger partial charge in [0, 0.05) is 20.3 Å². The quantitative estimate of drug-likeness (QED) is 0.0297. The van der Waals surface area contributed by atoms with Crippen molar-refractivity contribution >= 4 is 65.0 Å². The summed E-state index contributed by atoms with van der Waals surface area (Å²) < 4.78 is 23.2. The summed E-state index contributed by atoms with van der Waals surface area (Å²) in [6.07, 6.45) is -14.9. The molecule has 2 aliphatic rings. The molecule has 74 heavy (non-hydrogen) atoms. The number of hydrogen-bond donors (Lipinski definition) is 17. The number of primary amides is 1. The molecule has 10 amide bonds. The van der Waals surface area contributed by atoms with Crippen LogP contribution in [-0.2, 0) is 71.7 Å². The molecule has 0 spiro atoms. The third-order valence-corrected chi connectivity index (χ3v) is 11.2. The molecule has 2 aliphatic heterocycles. The van der Waals surface area contributed by atoms with E-state index in [1.54, 1.807) is 0 Å². The van der Waals surface area contributed by atoms with Crippen LogP contribution in [0.25, 0.3) is 0 Å². The molecule has 32 heteroatoms. The van der Waals surface area contributed by atoms with Crippen LogP contribution in [-0.4, -0.2) is 227 Å². The molecule has 0 aromatic heterocycles. The van der Waals surface area contributed by atoms with Crippen molar-refractivity contribution < 1.29 is 102 Å². The van der Waals surface area contributed by atoms with Gasteiger partial charge in [-0.15, -0.1) is 0 Å². The summed E-state index contributed by atoms with van der Waals surface area (Å²) in [6.45, 7) is 2.55. The van der Waals surface area contributed by atoms with Crippen molar-refractivity contribution in [3.63, 3.8) is 0 Å². The summed E-state index contributed by atoms with van der Waals surface area (Å²) >= 11 is 0. The smallest absolute Gasteiger partial charge is 0.322 e. The van der Waals surface area contributed by atoms with Crippen LogP contribution in [0.15, 0.2) is 0 Å². The monoisotopic (exact) mass is 1070 g/mol. The molecule has 420 valence electrons. The Morgan fingerprint density at radius 3 is 1.74 bits per heavy atom. The molecule has 0 radical (unpaired) electrons. The number of rotatable bonds is 30. The van der Waals surface area contributed by atoms with Crippen molar-refractivity contribution in [3.05, 3.63) is 0 Å². The molecule has 0 saturated carbocycles. The van der Waals surface area contributed by atoms with Crippen LogP contribution in [0.2, 0.25) is 0 Å². The Balaban J connectivity index is 2.12. The van der Waals surface area contributed by atoms with Gasteiger partial charge in [-0.3, -0.25) is 52.7 Å². The molecule has 15 unspecified atom stereocenters. The zero-order chi connectivity index (χ0) is 56.0. The highest BCUT2D eigenvalue weighted by molar-refractivity contribution is 5.95. The maximum Gasteiger partial charge on any atom is 0.322 e. The molecule has 2 saturated heterocycles. The fraction of sp³-hybridized carbons (Fsp3) is 0.738. The van der Waals surface area contributed by atoms with Crippen molar-refractivity contribution in [1.82, 2.24) is 47.9 Å². The first-order valence-corrected chi connectivity index (χ1v) is 23.4. The Labute approximate surface area is 423 Å². The van der Waals surface area contributed by atoms with Gasteiger partial charge in [-0.1, -0.05) is 0 Å². The van der Waals surface area contributed by atoms with E-state index in [0.29, 0.717) is 12.8 Å². The second-order valence-corrected chi connectivity index (χ2v) is 17.3. The Hall–Kier alpha value is -6.23. The first kappa shape index (κ1) is 63.9. The predicted molar refractivity (Wildman–Crippen MR) is 247 cm³/mol. The highest BCUT2D eigenvalue weighted by Gasteiger charge is 2.53. The zero-order valence-electron chi connectivity index (χ0n) is 41.4. The summed E-state index contributed by atoms with van der Waals surface area (Å²) in [5.41, 5.74) is 11.1. The molecule has 2 rings (SSSR count). The van der Waals surface area contributed by atoms with Crippen molar-refractivity contribution in [2.75, 3.05) is 39.4 Å². The average Bonchev–Trinajstić information content (AvgIpc) is 3.33.